The van der Waals surface area contributed by atoms with E-state index in [1.165, 1.54) is 11.3 Å². The van der Waals surface area contributed by atoms with Crippen molar-refractivity contribution in [2.45, 2.75) is 6.61 Å². The van der Waals surface area contributed by atoms with Crippen molar-refractivity contribution in [3.8, 4) is 0 Å². The number of thiophene rings is 1. The molecule has 0 saturated heterocycles. The molecule has 0 saturated carbocycles. The summed E-state index contributed by atoms with van der Waals surface area (Å²) in [6.07, 6.45) is 0. The number of ether oxygens (including phenoxy) is 1. The molecule has 2 aromatic rings. The highest BCUT2D eigenvalue weighted by Crippen LogP contribution is 2.19. The molecule has 0 radical (unpaired) electrons. The van der Waals surface area contributed by atoms with Crippen LogP contribution in [0.25, 0.3) is 0 Å². The molecular weight excluding hydrogens is 222 g/mol. The Morgan fingerprint density at radius 3 is 2.56 bits per heavy atom. The smallest absolute Gasteiger partial charge is 0.348 e. The van der Waals surface area contributed by atoms with E-state index in [0.29, 0.717) is 9.88 Å². The van der Waals surface area contributed by atoms with E-state index in [0.717, 1.165) is 5.56 Å². The van der Waals surface area contributed by atoms with Gasteiger partial charge in [0.05, 0.1) is 5.00 Å². The van der Waals surface area contributed by atoms with Crippen LogP contribution >= 0.6 is 11.3 Å². The average molecular weight is 233 g/mol. The van der Waals surface area contributed by atoms with Crippen LogP contribution in [0.15, 0.2) is 42.5 Å². The molecule has 0 unspecified atom stereocenters. The molecule has 0 amide bonds. The summed E-state index contributed by atoms with van der Waals surface area (Å²) in [4.78, 5) is 12.1. The summed E-state index contributed by atoms with van der Waals surface area (Å²) >= 11 is 1.23. The Hall–Kier alpha value is -1.81. The summed E-state index contributed by atoms with van der Waals surface area (Å²) in [5, 5.41) is 0.617. The standard InChI is InChI=1S/C12H11NO2S/c13-11-7-6-10(16-11)12(14)15-8-9-4-2-1-3-5-9/h1-7H,8,13H2. The monoisotopic (exact) mass is 233 g/mol. The minimum atomic E-state index is -0.328. The molecule has 0 bridgehead atoms. The van der Waals surface area contributed by atoms with Crippen LogP contribution < -0.4 is 5.73 Å². The van der Waals surface area contributed by atoms with E-state index in [2.05, 4.69) is 0 Å². The summed E-state index contributed by atoms with van der Waals surface area (Å²) in [6, 6.07) is 12.9. The zero-order chi connectivity index (χ0) is 11.4. The highest BCUT2D eigenvalue weighted by Gasteiger charge is 2.09. The van der Waals surface area contributed by atoms with E-state index in [9.17, 15) is 4.79 Å². The zero-order valence-corrected chi connectivity index (χ0v) is 9.37. The summed E-state index contributed by atoms with van der Waals surface area (Å²) in [5.74, 6) is -0.328. The van der Waals surface area contributed by atoms with Gasteiger partial charge in [-0.15, -0.1) is 11.3 Å². The Kier molecular flexibility index (Phi) is 3.22. The molecule has 4 heteroatoms. The lowest BCUT2D eigenvalue weighted by Crippen LogP contribution is -2.02. The van der Waals surface area contributed by atoms with Crippen molar-refractivity contribution in [1.29, 1.82) is 0 Å². The molecule has 0 aliphatic heterocycles. The number of esters is 1. The molecule has 1 aromatic carbocycles. The van der Waals surface area contributed by atoms with E-state index in [1.807, 2.05) is 30.3 Å². The van der Waals surface area contributed by atoms with E-state index >= 15 is 0 Å². The van der Waals surface area contributed by atoms with Crippen LogP contribution in [0.4, 0.5) is 5.00 Å². The fourth-order valence-corrected chi connectivity index (χ4v) is 1.93. The Morgan fingerprint density at radius 2 is 1.94 bits per heavy atom. The van der Waals surface area contributed by atoms with Gasteiger partial charge >= 0.3 is 5.97 Å². The summed E-state index contributed by atoms with van der Waals surface area (Å²) < 4.78 is 5.14. The van der Waals surface area contributed by atoms with Gasteiger partial charge in [0, 0.05) is 0 Å². The quantitative estimate of drug-likeness (QED) is 0.829. The maximum atomic E-state index is 11.6. The van der Waals surface area contributed by atoms with Crippen molar-refractivity contribution in [3.63, 3.8) is 0 Å². The summed E-state index contributed by atoms with van der Waals surface area (Å²) in [7, 11) is 0. The van der Waals surface area contributed by atoms with Gasteiger partial charge < -0.3 is 10.5 Å². The van der Waals surface area contributed by atoms with Crippen LogP contribution in [0.3, 0.4) is 0 Å². The number of anilines is 1. The van der Waals surface area contributed by atoms with Gasteiger partial charge in [-0.3, -0.25) is 0 Å². The van der Waals surface area contributed by atoms with Gasteiger partial charge in [0.1, 0.15) is 11.5 Å². The van der Waals surface area contributed by atoms with Gasteiger partial charge in [-0.1, -0.05) is 30.3 Å². The van der Waals surface area contributed by atoms with Gasteiger partial charge in [-0.2, -0.15) is 0 Å². The second-order valence-corrected chi connectivity index (χ2v) is 4.38. The predicted molar refractivity (Wildman–Crippen MR) is 64.3 cm³/mol. The third-order valence-electron chi connectivity index (χ3n) is 2.04. The van der Waals surface area contributed by atoms with Crippen molar-refractivity contribution >= 4 is 22.3 Å². The Morgan fingerprint density at radius 1 is 1.19 bits per heavy atom. The number of nitrogen functional groups attached to an aromatic ring is 1. The molecule has 1 heterocycles. The molecule has 0 aliphatic carbocycles. The number of hydrogen-bond donors (Lipinski definition) is 1. The summed E-state index contributed by atoms with van der Waals surface area (Å²) in [6.45, 7) is 0.289. The van der Waals surface area contributed by atoms with E-state index in [-0.39, 0.29) is 12.6 Å². The molecule has 3 nitrogen and oxygen atoms in total. The molecule has 82 valence electrons. The molecule has 16 heavy (non-hydrogen) atoms. The average Bonchev–Trinajstić information content (AvgIpc) is 2.74. The van der Waals surface area contributed by atoms with Gasteiger partial charge in [-0.05, 0) is 17.7 Å². The lowest BCUT2D eigenvalue weighted by atomic mass is 10.2. The maximum Gasteiger partial charge on any atom is 0.348 e. The molecule has 2 rings (SSSR count). The van der Waals surface area contributed by atoms with Crippen molar-refractivity contribution in [1.82, 2.24) is 0 Å². The van der Waals surface area contributed by atoms with Crippen LogP contribution in [0, 0.1) is 0 Å². The lowest BCUT2D eigenvalue weighted by molar-refractivity contribution is 0.0478. The molecule has 0 atom stereocenters. The van der Waals surface area contributed by atoms with E-state index in [4.69, 9.17) is 10.5 Å². The number of carbonyl (C=O) groups excluding carboxylic acids is 1. The number of nitrogens with two attached hydrogens (primary N) is 1. The largest absolute Gasteiger partial charge is 0.457 e. The fraction of sp³-hybridized carbons (Fsp3) is 0.0833. The number of rotatable bonds is 3. The molecule has 1 aromatic heterocycles. The Bertz CT molecular complexity index is 479. The van der Waals surface area contributed by atoms with Gasteiger partial charge in [0.15, 0.2) is 0 Å². The molecule has 0 aliphatic rings. The molecule has 2 N–H and O–H groups in total. The Balaban J connectivity index is 1.94. The first-order valence-corrected chi connectivity index (χ1v) is 5.64. The van der Waals surface area contributed by atoms with Crippen LogP contribution in [0.1, 0.15) is 15.2 Å². The van der Waals surface area contributed by atoms with E-state index in [1.54, 1.807) is 12.1 Å². The minimum absolute atomic E-state index is 0.289. The predicted octanol–water partition coefficient (Wildman–Crippen LogP) is 2.69. The van der Waals surface area contributed by atoms with Gasteiger partial charge in [0.25, 0.3) is 0 Å². The first kappa shape index (κ1) is 10.7. The van der Waals surface area contributed by atoms with Crippen LogP contribution in [0.2, 0.25) is 0 Å². The number of hydrogen-bond acceptors (Lipinski definition) is 4. The number of benzene rings is 1. The molecular formula is C12H11NO2S. The fourth-order valence-electron chi connectivity index (χ4n) is 1.26. The highest BCUT2D eigenvalue weighted by molar-refractivity contribution is 7.17. The van der Waals surface area contributed by atoms with Crippen molar-refractivity contribution in [2.24, 2.45) is 0 Å². The van der Waals surface area contributed by atoms with Crippen LogP contribution in [-0.4, -0.2) is 5.97 Å². The van der Waals surface area contributed by atoms with Gasteiger partial charge in [-0.25, -0.2) is 4.79 Å². The summed E-state index contributed by atoms with van der Waals surface area (Å²) in [5.41, 5.74) is 6.51. The molecule has 0 fully saturated rings. The Labute approximate surface area is 97.5 Å². The maximum absolute atomic E-state index is 11.6. The first-order valence-electron chi connectivity index (χ1n) is 4.82. The van der Waals surface area contributed by atoms with Crippen LogP contribution in [-0.2, 0) is 11.3 Å². The van der Waals surface area contributed by atoms with E-state index < -0.39 is 0 Å². The zero-order valence-electron chi connectivity index (χ0n) is 8.55. The molecule has 0 spiro atoms. The third kappa shape index (κ3) is 2.61. The topological polar surface area (TPSA) is 52.3 Å². The third-order valence-corrected chi connectivity index (χ3v) is 2.94. The SMILES string of the molecule is Nc1ccc(C(=O)OCc2ccccc2)s1. The first-order chi connectivity index (χ1) is 7.75. The normalized spacial score (nSPS) is 10.0. The number of carbonyl (C=O) groups is 1. The van der Waals surface area contributed by atoms with Crippen LogP contribution in [0.5, 0.6) is 0 Å². The minimum Gasteiger partial charge on any atom is -0.457 e. The highest BCUT2D eigenvalue weighted by atomic mass is 32.1. The van der Waals surface area contributed by atoms with Crippen molar-refractivity contribution < 1.29 is 9.53 Å². The van der Waals surface area contributed by atoms with Crippen molar-refractivity contribution in [3.05, 3.63) is 52.9 Å². The van der Waals surface area contributed by atoms with Crippen molar-refractivity contribution in [2.75, 3.05) is 5.73 Å². The second kappa shape index (κ2) is 4.81. The lowest BCUT2D eigenvalue weighted by Gasteiger charge is -2.02. The second-order valence-electron chi connectivity index (χ2n) is 3.26. The van der Waals surface area contributed by atoms with Gasteiger partial charge in [0.2, 0.25) is 0 Å².